The number of hydrogen-bond donors (Lipinski definition) is 3. The van der Waals surface area contributed by atoms with Gasteiger partial charge in [0, 0.05) is 5.56 Å². The normalized spacial score (nSPS) is 13.8. The lowest BCUT2D eigenvalue weighted by Crippen LogP contribution is -2.47. The zero-order chi connectivity index (χ0) is 13.9. The van der Waals surface area contributed by atoms with Crippen LogP contribution in [0.4, 0.5) is 4.79 Å². The maximum Gasteiger partial charge on any atom is 0.312 e. The van der Waals surface area contributed by atoms with Crippen LogP contribution in [0.1, 0.15) is 37.0 Å². The smallest absolute Gasteiger partial charge is 0.312 e. The van der Waals surface area contributed by atoms with Crippen LogP contribution in [0.25, 0.3) is 0 Å². The van der Waals surface area contributed by atoms with E-state index in [0.717, 1.165) is 17.1 Å². The number of hydrogen-bond acceptors (Lipinski definition) is 3. The largest absolute Gasteiger partial charge is 0.466 e. The van der Waals surface area contributed by atoms with Gasteiger partial charge in [0.1, 0.15) is 17.6 Å². The number of carbonyl (C=O) groups excluding carboxylic acids is 2. The van der Waals surface area contributed by atoms with Crippen molar-refractivity contribution in [3.05, 3.63) is 23.2 Å². The van der Waals surface area contributed by atoms with Gasteiger partial charge in [-0.1, -0.05) is 0 Å². The van der Waals surface area contributed by atoms with Crippen LogP contribution in [0.5, 0.6) is 0 Å². The highest BCUT2D eigenvalue weighted by Gasteiger charge is 2.19. The molecule has 1 aromatic heterocycles. The lowest BCUT2D eigenvalue weighted by Gasteiger charge is -2.17. The number of amides is 3. The molecule has 1 aromatic rings. The fourth-order valence-corrected chi connectivity index (χ4v) is 1.78. The van der Waals surface area contributed by atoms with Crippen molar-refractivity contribution in [1.82, 2.24) is 10.6 Å². The molecule has 6 nitrogen and oxygen atoms in total. The highest BCUT2D eigenvalue weighted by molar-refractivity contribution is 5.86. The molecule has 18 heavy (non-hydrogen) atoms. The molecule has 2 atom stereocenters. The van der Waals surface area contributed by atoms with Gasteiger partial charge in [0.25, 0.3) is 0 Å². The predicted molar refractivity (Wildman–Crippen MR) is 66.9 cm³/mol. The second-order valence-corrected chi connectivity index (χ2v) is 4.33. The van der Waals surface area contributed by atoms with Crippen LogP contribution in [0.3, 0.4) is 0 Å². The third-order valence-electron chi connectivity index (χ3n) is 2.66. The van der Waals surface area contributed by atoms with E-state index in [1.54, 1.807) is 6.92 Å². The lowest BCUT2D eigenvalue weighted by molar-refractivity contribution is -0.123. The van der Waals surface area contributed by atoms with Gasteiger partial charge < -0.3 is 20.8 Å². The first-order valence-electron chi connectivity index (χ1n) is 5.74. The van der Waals surface area contributed by atoms with Crippen molar-refractivity contribution in [3.8, 4) is 0 Å². The molecular formula is C12H19N3O3. The van der Waals surface area contributed by atoms with Crippen LogP contribution in [0.2, 0.25) is 0 Å². The number of nitrogens with two attached hydrogens (primary N) is 1. The van der Waals surface area contributed by atoms with Crippen LogP contribution in [-0.2, 0) is 4.79 Å². The minimum atomic E-state index is -0.722. The Kier molecular flexibility index (Phi) is 4.36. The highest BCUT2D eigenvalue weighted by atomic mass is 16.3. The van der Waals surface area contributed by atoms with E-state index in [4.69, 9.17) is 10.2 Å². The number of primary amides is 1. The van der Waals surface area contributed by atoms with Crippen LogP contribution in [0.15, 0.2) is 10.5 Å². The fraction of sp³-hybridized carbons (Fsp3) is 0.500. The maximum absolute atomic E-state index is 11.8. The molecule has 0 bridgehead atoms. The van der Waals surface area contributed by atoms with Gasteiger partial charge in [0.15, 0.2) is 0 Å². The highest BCUT2D eigenvalue weighted by Crippen LogP contribution is 2.21. The Labute approximate surface area is 106 Å². The van der Waals surface area contributed by atoms with E-state index in [1.165, 1.54) is 0 Å². The van der Waals surface area contributed by atoms with E-state index in [0.29, 0.717) is 0 Å². The molecule has 0 spiro atoms. The molecule has 1 rings (SSSR count). The van der Waals surface area contributed by atoms with Gasteiger partial charge in [-0.3, -0.25) is 4.79 Å². The zero-order valence-electron chi connectivity index (χ0n) is 11.0. The fourth-order valence-electron chi connectivity index (χ4n) is 1.78. The van der Waals surface area contributed by atoms with E-state index in [-0.39, 0.29) is 11.9 Å². The van der Waals surface area contributed by atoms with Crippen LogP contribution >= 0.6 is 0 Å². The lowest BCUT2D eigenvalue weighted by atomic mass is 10.1. The Morgan fingerprint density at radius 1 is 1.28 bits per heavy atom. The summed E-state index contributed by atoms with van der Waals surface area (Å²) in [6.07, 6.45) is 0. The first-order valence-corrected chi connectivity index (χ1v) is 5.74. The molecule has 0 fully saturated rings. The quantitative estimate of drug-likeness (QED) is 0.750. The third-order valence-corrected chi connectivity index (χ3v) is 2.66. The number of rotatable bonds is 4. The number of carbonyl (C=O) groups is 2. The Balaban J connectivity index is 2.64. The molecule has 0 radical (unpaired) electrons. The summed E-state index contributed by atoms with van der Waals surface area (Å²) in [5.41, 5.74) is 5.88. The minimum Gasteiger partial charge on any atom is -0.466 e. The van der Waals surface area contributed by atoms with Gasteiger partial charge in [-0.15, -0.1) is 0 Å². The SMILES string of the molecule is Cc1cc([C@H](C)NC(=O)[C@H](C)NC(N)=O)c(C)o1. The summed E-state index contributed by atoms with van der Waals surface area (Å²) in [6.45, 7) is 7.12. The average Bonchev–Trinajstić information content (AvgIpc) is 2.56. The number of furan rings is 1. The van der Waals surface area contributed by atoms with Gasteiger partial charge in [-0.05, 0) is 33.8 Å². The van der Waals surface area contributed by atoms with Gasteiger partial charge in [0.05, 0.1) is 6.04 Å². The standard InChI is InChI=1S/C12H19N3O3/c1-6-5-10(9(4)18-6)7(2)14-11(16)8(3)15-12(13)17/h5,7-8H,1-4H3,(H,14,16)(H3,13,15,17)/t7-,8-/m0/s1. The van der Waals surface area contributed by atoms with Gasteiger partial charge in [-0.2, -0.15) is 0 Å². The monoisotopic (exact) mass is 253 g/mol. The summed E-state index contributed by atoms with van der Waals surface area (Å²) in [6, 6.07) is 0.304. The second kappa shape index (κ2) is 5.57. The Morgan fingerprint density at radius 2 is 1.89 bits per heavy atom. The van der Waals surface area contributed by atoms with E-state index in [1.807, 2.05) is 26.8 Å². The second-order valence-electron chi connectivity index (χ2n) is 4.33. The summed E-state index contributed by atoms with van der Waals surface area (Å²) in [5.74, 6) is 1.28. The number of urea groups is 1. The van der Waals surface area contributed by atoms with Crippen LogP contribution in [0, 0.1) is 13.8 Å². The summed E-state index contributed by atoms with van der Waals surface area (Å²) < 4.78 is 5.40. The molecule has 100 valence electrons. The molecule has 0 unspecified atom stereocenters. The molecule has 0 aliphatic rings. The summed E-state index contributed by atoms with van der Waals surface area (Å²) in [7, 11) is 0. The Bertz CT molecular complexity index is 453. The molecule has 0 aliphatic carbocycles. The van der Waals surface area contributed by atoms with Crippen LogP contribution in [-0.4, -0.2) is 18.0 Å². The molecule has 0 saturated heterocycles. The van der Waals surface area contributed by atoms with Crippen molar-refractivity contribution in [2.45, 2.75) is 39.8 Å². The van der Waals surface area contributed by atoms with Gasteiger partial charge in [0.2, 0.25) is 5.91 Å². The van der Waals surface area contributed by atoms with Crippen molar-refractivity contribution in [2.24, 2.45) is 5.73 Å². The maximum atomic E-state index is 11.8. The molecule has 4 N–H and O–H groups in total. The molecular weight excluding hydrogens is 234 g/mol. The number of aryl methyl sites for hydroxylation is 2. The van der Waals surface area contributed by atoms with E-state index < -0.39 is 12.1 Å². The molecule has 3 amide bonds. The molecule has 6 heteroatoms. The van der Waals surface area contributed by atoms with E-state index in [2.05, 4.69) is 10.6 Å². The van der Waals surface area contributed by atoms with Crippen LogP contribution < -0.4 is 16.4 Å². The Hall–Kier alpha value is -1.98. The predicted octanol–water partition coefficient (Wildman–Crippen LogP) is 1.13. The summed E-state index contributed by atoms with van der Waals surface area (Å²) >= 11 is 0. The average molecular weight is 253 g/mol. The van der Waals surface area contributed by atoms with Gasteiger partial charge >= 0.3 is 6.03 Å². The van der Waals surface area contributed by atoms with E-state index >= 15 is 0 Å². The molecule has 0 aliphatic heterocycles. The topological polar surface area (TPSA) is 97.4 Å². The minimum absolute atomic E-state index is 0.188. The Morgan fingerprint density at radius 3 is 2.33 bits per heavy atom. The van der Waals surface area contributed by atoms with E-state index in [9.17, 15) is 9.59 Å². The molecule has 0 saturated carbocycles. The summed E-state index contributed by atoms with van der Waals surface area (Å²) in [4.78, 5) is 22.4. The molecule has 0 aromatic carbocycles. The number of nitrogens with one attached hydrogen (secondary N) is 2. The van der Waals surface area contributed by atoms with Crippen molar-refractivity contribution in [2.75, 3.05) is 0 Å². The van der Waals surface area contributed by atoms with Crippen molar-refractivity contribution in [1.29, 1.82) is 0 Å². The zero-order valence-corrected chi connectivity index (χ0v) is 11.0. The molecule has 1 heterocycles. The first kappa shape index (κ1) is 14.1. The summed E-state index contributed by atoms with van der Waals surface area (Å²) in [5, 5.41) is 5.11. The van der Waals surface area contributed by atoms with Crippen molar-refractivity contribution in [3.63, 3.8) is 0 Å². The third kappa shape index (κ3) is 3.51. The van der Waals surface area contributed by atoms with Crippen molar-refractivity contribution < 1.29 is 14.0 Å². The first-order chi connectivity index (χ1) is 8.31. The van der Waals surface area contributed by atoms with Crippen molar-refractivity contribution >= 4 is 11.9 Å². The van der Waals surface area contributed by atoms with Gasteiger partial charge in [-0.25, -0.2) is 4.79 Å².